The smallest absolute Gasteiger partial charge is 0.313 e. The first-order valence-corrected chi connectivity index (χ1v) is 17.6. The molecule has 0 aromatic heterocycles. The number of rotatable bonds is 7. The van der Waals surface area contributed by atoms with Crippen LogP contribution in [0, 0.1) is 33.5 Å². The number of ether oxygens (including phenoxy) is 3. The summed E-state index contributed by atoms with van der Waals surface area (Å²) in [7, 11) is 3.21. The van der Waals surface area contributed by atoms with Crippen molar-refractivity contribution in [1.29, 1.82) is 0 Å². The summed E-state index contributed by atoms with van der Waals surface area (Å²) in [6.45, 7) is 10.9. The van der Waals surface area contributed by atoms with E-state index in [-0.39, 0.29) is 42.4 Å². The molecule has 1 amide bonds. The topological polar surface area (TPSA) is 106 Å². The SMILES string of the molecule is COc1ccc(CN(CC2(O)CCC3C4=CC=C5CC(O)CCC5(C)C4CCC32C)C(=O)C23CCC(C)(C(=O)O2)C3(C)C)c(OC)c1. The number of esters is 1. The highest BCUT2D eigenvalue weighted by Gasteiger charge is 2.76. The fourth-order valence-corrected chi connectivity index (χ4v) is 11.0. The molecule has 6 aliphatic rings. The van der Waals surface area contributed by atoms with Crippen molar-refractivity contribution in [3.05, 3.63) is 47.1 Å². The van der Waals surface area contributed by atoms with E-state index in [0.29, 0.717) is 36.7 Å². The zero-order valence-corrected chi connectivity index (χ0v) is 29.3. The third-order valence-electron chi connectivity index (χ3n) is 14.9. The van der Waals surface area contributed by atoms with Gasteiger partial charge in [0.1, 0.15) is 11.5 Å². The molecule has 1 aliphatic heterocycles. The van der Waals surface area contributed by atoms with E-state index in [1.54, 1.807) is 19.1 Å². The van der Waals surface area contributed by atoms with Gasteiger partial charge in [0.2, 0.25) is 0 Å². The second kappa shape index (κ2) is 10.6. The normalized spacial score (nSPS) is 41.2. The molecule has 8 heteroatoms. The van der Waals surface area contributed by atoms with E-state index < -0.39 is 27.4 Å². The zero-order valence-electron chi connectivity index (χ0n) is 29.3. The number of carbonyl (C=O) groups excluding carboxylic acids is 2. The van der Waals surface area contributed by atoms with Gasteiger partial charge in [-0.15, -0.1) is 0 Å². The van der Waals surface area contributed by atoms with Crippen LogP contribution in [-0.2, 0) is 20.9 Å². The molecule has 0 radical (unpaired) electrons. The Morgan fingerprint density at radius 3 is 2.36 bits per heavy atom. The molecule has 2 bridgehead atoms. The lowest BCUT2D eigenvalue weighted by atomic mass is 9.50. The van der Waals surface area contributed by atoms with Crippen molar-refractivity contribution in [2.45, 2.75) is 116 Å². The highest BCUT2D eigenvalue weighted by Crippen LogP contribution is 2.68. The summed E-state index contributed by atoms with van der Waals surface area (Å²) in [6, 6.07) is 5.58. The lowest BCUT2D eigenvalue weighted by molar-refractivity contribution is -0.178. The Kier molecular flexibility index (Phi) is 7.36. The molecular weight excluding hydrogens is 594 g/mol. The van der Waals surface area contributed by atoms with Crippen LogP contribution in [0.3, 0.4) is 0 Å². The molecular formula is C39H53NO7. The quantitative estimate of drug-likeness (QED) is 0.343. The van der Waals surface area contributed by atoms with Crippen LogP contribution in [0.4, 0.5) is 0 Å². The predicted octanol–water partition coefficient (Wildman–Crippen LogP) is 6.13. The zero-order chi connectivity index (χ0) is 33.8. The fraction of sp³-hybridized carbons (Fsp3) is 0.692. The Morgan fingerprint density at radius 1 is 0.957 bits per heavy atom. The number of fused-ring (bicyclic) bond motifs is 7. The number of hydrogen-bond acceptors (Lipinski definition) is 7. The molecule has 8 unspecified atom stereocenters. The molecule has 8 atom stereocenters. The van der Waals surface area contributed by atoms with Gasteiger partial charge in [-0.3, -0.25) is 9.59 Å². The molecule has 8 nitrogen and oxygen atoms in total. The number of carbonyl (C=O) groups is 2. The molecule has 5 aliphatic carbocycles. The second-order valence-electron chi connectivity index (χ2n) is 16.8. The fourth-order valence-electron chi connectivity index (χ4n) is 11.0. The Bertz CT molecular complexity index is 1560. The minimum Gasteiger partial charge on any atom is -0.497 e. The number of amides is 1. The Balaban J connectivity index is 1.25. The standard InChI is InChI=1S/C39H53NO7/c1-34(2)37(5)18-19-39(34,47-33(37)43)32(42)40(22-24-8-10-27(45-6)21-31(24)46-7)23-38(44)17-14-30-28-11-9-25-20-26(41)12-15-35(25,3)29(28)13-16-36(30,38)4/h8-11,21,26,29-30,41,44H,12-20,22-23H2,1-7H3. The first-order valence-electron chi connectivity index (χ1n) is 17.6. The summed E-state index contributed by atoms with van der Waals surface area (Å²) in [4.78, 5) is 30.1. The van der Waals surface area contributed by atoms with E-state index in [0.717, 1.165) is 44.1 Å². The molecule has 1 aromatic carbocycles. The van der Waals surface area contributed by atoms with Crippen LogP contribution in [0.1, 0.15) is 98.0 Å². The molecule has 0 spiro atoms. The van der Waals surface area contributed by atoms with Gasteiger partial charge in [-0.25, -0.2) is 0 Å². The van der Waals surface area contributed by atoms with Gasteiger partial charge in [0, 0.05) is 29.0 Å². The van der Waals surface area contributed by atoms with Crippen LogP contribution in [0.2, 0.25) is 0 Å². The van der Waals surface area contributed by atoms with Gasteiger partial charge in [-0.1, -0.05) is 51.0 Å². The average Bonchev–Trinajstić information content (AvgIpc) is 3.49. The number of benzene rings is 1. The number of hydrogen-bond donors (Lipinski definition) is 2. The molecule has 4 saturated carbocycles. The van der Waals surface area contributed by atoms with Gasteiger partial charge in [0.05, 0.1) is 37.9 Å². The van der Waals surface area contributed by atoms with Crippen molar-refractivity contribution < 1.29 is 34.0 Å². The highest BCUT2D eigenvalue weighted by molar-refractivity contribution is 5.96. The maximum atomic E-state index is 15.0. The van der Waals surface area contributed by atoms with Crippen molar-refractivity contribution in [2.75, 3.05) is 20.8 Å². The molecule has 5 fully saturated rings. The largest absolute Gasteiger partial charge is 0.497 e. The average molecular weight is 648 g/mol. The number of nitrogens with zero attached hydrogens (tertiary/aromatic N) is 1. The first kappa shape index (κ1) is 32.7. The number of aliphatic hydroxyl groups is 2. The number of aliphatic hydroxyl groups excluding tert-OH is 1. The van der Waals surface area contributed by atoms with Crippen LogP contribution < -0.4 is 9.47 Å². The van der Waals surface area contributed by atoms with Crippen LogP contribution in [-0.4, -0.2) is 65.1 Å². The number of allylic oxidation sites excluding steroid dienone is 3. The summed E-state index contributed by atoms with van der Waals surface area (Å²) in [5, 5.41) is 23.3. The van der Waals surface area contributed by atoms with E-state index in [4.69, 9.17) is 14.2 Å². The predicted molar refractivity (Wildman–Crippen MR) is 178 cm³/mol. The maximum Gasteiger partial charge on any atom is 0.313 e. The van der Waals surface area contributed by atoms with Crippen LogP contribution in [0.15, 0.2) is 41.5 Å². The first-order chi connectivity index (χ1) is 22.1. The summed E-state index contributed by atoms with van der Waals surface area (Å²) in [5.41, 5.74) is -0.672. The molecule has 2 N–H and O–H groups in total. The van der Waals surface area contributed by atoms with Crippen molar-refractivity contribution in [3.63, 3.8) is 0 Å². The van der Waals surface area contributed by atoms with Crippen LogP contribution >= 0.6 is 0 Å². The third kappa shape index (κ3) is 4.25. The van der Waals surface area contributed by atoms with Gasteiger partial charge in [-0.2, -0.15) is 0 Å². The van der Waals surface area contributed by atoms with Gasteiger partial charge in [0.15, 0.2) is 5.60 Å². The van der Waals surface area contributed by atoms with Crippen molar-refractivity contribution in [3.8, 4) is 11.5 Å². The Morgan fingerprint density at radius 2 is 1.70 bits per heavy atom. The molecule has 1 saturated heterocycles. The molecule has 47 heavy (non-hydrogen) atoms. The molecule has 7 rings (SSSR count). The molecule has 1 heterocycles. The van der Waals surface area contributed by atoms with Crippen LogP contribution in [0.5, 0.6) is 11.5 Å². The lowest BCUT2D eigenvalue weighted by Crippen LogP contribution is -2.60. The maximum absolute atomic E-state index is 15.0. The highest BCUT2D eigenvalue weighted by atomic mass is 16.6. The van der Waals surface area contributed by atoms with Gasteiger partial charge >= 0.3 is 5.97 Å². The Labute approximate surface area is 279 Å². The van der Waals surface area contributed by atoms with Crippen LogP contribution in [0.25, 0.3) is 0 Å². The summed E-state index contributed by atoms with van der Waals surface area (Å²) in [6.07, 6.45) is 11.2. The van der Waals surface area contributed by atoms with E-state index >= 15 is 4.79 Å². The lowest BCUT2D eigenvalue weighted by Gasteiger charge is -2.56. The van der Waals surface area contributed by atoms with Crippen molar-refractivity contribution in [2.24, 2.45) is 33.5 Å². The Hall–Kier alpha value is -2.84. The minimum atomic E-state index is -1.29. The monoisotopic (exact) mass is 647 g/mol. The van der Waals surface area contributed by atoms with E-state index in [1.165, 1.54) is 11.1 Å². The van der Waals surface area contributed by atoms with E-state index in [1.807, 2.05) is 39.0 Å². The van der Waals surface area contributed by atoms with Gasteiger partial charge in [0.25, 0.3) is 5.91 Å². The molecule has 256 valence electrons. The minimum absolute atomic E-state index is 0.0461. The summed E-state index contributed by atoms with van der Waals surface area (Å²) >= 11 is 0. The van der Waals surface area contributed by atoms with Gasteiger partial charge in [-0.05, 0) is 94.1 Å². The second-order valence-corrected chi connectivity index (χ2v) is 16.8. The van der Waals surface area contributed by atoms with Gasteiger partial charge < -0.3 is 29.3 Å². The summed E-state index contributed by atoms with van der Waals surface area (Å²) in [5.74, 6) is 1.32. The number of methoxy groups -OCH3 is 2. The summed E-state index contributed by atoms with van der Waals surface area (Å²) < 4.78 is 17.3. The van der Waals surface area contributed by atoms with Crippen molar-refractivity contribution >= 4 is 11.9 Å². The van der Waals surface area contributed by atoms with E-state index in [9.17, 15) is 15.0 Å². The van der Waals surface area contributed by atoms with E-state index in [2.05, 4.69) is 26.0 Å². The van der Waals surface area contributed by atoms with Crippen molar-refractivity contribution in [1.82, 2.24) is 4.90 Å². The third-order valence-corrected chi connectivity index (χ3v) is 14.9. The molecule has 1 aromatic rings.